The number of cyclic esters (lactones) is 1. The van der Waals surface area contributed by atoms with Gasteiger partial charge in [0.1, 0.15) is 0 Å². The Bertz CT molecular complexity index is 136. The smallest absolute Gasteiger partial charge is 0.306 e. The second-order valence-electron chi connectivity index (χ2n) is 2.57. The molecule has 1 aliphatic heterocycles. The van der Waals surface area contributed by atoms with E-state index in [0.717, 1.165) is 6.42 Å². The molecule has 0 spiro atoms. The van der Waals surface area contributed by atoms with Gasteiger partial charge in [-0.05, 0) is 6.42 Å². The molecule has 58 valence electrons. The van der Waals surface area contributed by atoms with Crippen LogP contribution < -0.4 is 0 Å². The van der Waals surface area contributed by atoms with Crippen molar-refractivity contribution in [1.29, 1.82) is 0 Å². The molecule has 1 saturated heterocycles. The maximum atomic E-state index is 10.6. The third kappa shape index (κ3) is 1.84. The molecule has 3 heteroatoms. The van der Waals surface area contributed by atoms with E-state index in [0.29, 0.717) is 22.9 Å². The van der Waals surface area contributed by atoms with Gasteiger partial charge in [0.05, 0.1) is 13.0 Å². The summed E-state index contributed by atoms with van der Waals surface area (Å²) in [6.45, 7) is 2.78. The van der Waals surface area contributed by atoms with E-state index in [-0.39, 0.29) is 5.97 Å². The van der Waals surface area contributed by atoms with Crippen molar-refractivity contribution in [3.8, 4) is 0 Å². The Morgan fingerprint density at radius 1 is 1.90 bits per heavy atom. The Kier molecular flexibility index (Phi) is 2.95. The number of hydrogen-bond acceptors (Lipinski definition) is 2. The summed E-state index contributed by atoms with van der Waals surface area (Å²) < 4.78 is 5.45. The first-order valence-corrected chi connectivity index (χ1v) is 4.78. The van der Waals surface area contributed by atoms with Crippen molar-refractivity contribution in [3.63, 3.8) is 0 Å². The number of alkyl halides is 1. The molecule has 2 nitrogen and oxygen atoms in total. The third-order valence-electron chi connectivity index (χ3n) is 1.79. The SMILES string of the molecule is CCC(I)C1COC(=O)C1. The number of carbonyl (C=O) groups is 1. The van der Waals surface area contributed by atoms with Gasteiger partial charge in [0.25, 0.3) is 0 Å². The van der Waals surface area contributed by atoms with Crippen molar-refractivity contribution in [2.75, 3.05) is 6.61 Å². The lowest BCUT2D eigenvalue weighted by Crippen LogP contribution is -2.12. The van der Waals surface area contributed by atoms with Crippen LogP contribution >= 0.6 is 22.6 Å². The van der Waals surface area contributed by atoms with Gasteiger partial charge in [0.2, 0.25) is 0 Å². The van der Waals surface area contributed by atoms with Crippen LogP contribution in [0.1, 0.15) is 19.8 Å². The van der Waals surface area contributed by atoms with Crippen molar-refractivity contribution in [1.82, 2.24) is 0 Å². The molecule has 0 aromatic carbocycles. The maximum absolute atomic E-state index is 10.6. The van der Waals surface area contributed by atoms with E-state index in [2.05, 4.69) is 29.5 Å². The van der Waals surface area contributed by atoms with E-state index in [1.165, 1.54) is 0 Å². The highest BCUT2D eigenvalue weighted by Crippen LogP contribution is 2.25. The second-order valence-corrected chi connectivity index (χ2v) is 4.17. The summed E-state index contributed by atoms with van der Waals surface area (Å²) in [5, 5.41) is 0. The van der Waals surface area contributed by atoms with Crippen molar-refractivity contribution in [3.05, 3.63) is 0 Å². The lowest BCUT2D eigenvalue weighted by Gasteiger charge is -2.10. The molecule has 10 heavy (non-hydrogen) atoms. The number of esters is 1. The second kappa shape index (κ2) is 3.55. The van der Waals surface area contributed by atoms with Crippen LogP contribution in [0.15, 0.2) is 0 Å². The van der Waals surface area contributed by atoms with E-state index in [1.807, 2.05) is 0 Å². The third-order valence-corrected chi connectivity index (χ3v) is 3.69. The van der Waals surface area contributed by atoms with E-state index in [1.54, 1.807) is 0 Å². The molecule has 0 aromatic heterocycles. The largest absolute Gasteiger partial charge is 0.465 e. The van der Waals surface area contributed by atoms with Crippen molar-refractivity contribution < 1.29 is 9.53 Å². The summed E-state index contributed by atoms with van der Waals surface area (Å²) in [4.78, 5) is 10.6. The lowest BCUT2D eigenvalue weighted by molar-refractivity contribution is -0.137. The Labute approximate surface area is 74.5 Å². The fraction of sp³-hybridized carbons (Fsp3) is 0.857. The molecule has 2 atom stereocenters. The minimum absolute atomic E-state index is 0.0277. The predicted molar refractivity (Wildman–Crippen MR) is 47.2 cm³/mol. The van der Waals surface area contributed by atoms with Crippen molar-refractivity contribution >= 4 is 28.6 Å². The molecule has 1 fully saturated rings. The highest BCUT2D eigenvalue weighted by atomic mass is 127. The van der Waals surface area contributed by atoms with Gasteiger partial charge in [-0.1, -0.05) is 29.5 Å². The minimum Gasteiger partial charge on any atom is -0.465 e. The molecule has 1 aliphatic rings. The van der Waals surface area contributed by atoms with Crippen LogP contribution in [-0.4, -0.2) is 16.5 Å². The summed E-state index contributed by atoms with van der Waals surface area (Å²) in [5.74, 6) is 0.443. The molecule has 2 unspecified atom stereocenters. The van der Waals surface area contributed by atoms with Gasteiger partial charge in [0.15, 0.2) is 0 Å². The fourth-order valence-electron chi connectivity index (χ4n) is 1.10. The number of halogens is 1. The summed E-state index contributed by atoms with van der Waals surface area (Å²) in [6, 6.07) is 0. The summed E-state index contributed by atoms with van der Waals surface area (Å²) >= 11 is 2.39. The quantitative estimate of drug-likeness (QED) is 0.426. The number of ether oxygens (including phenoxy) is 1. The molecule has 0 bridgehead atoms. The van der Waals surface area contributed by atoms with Gasteiger partial charge in [-0.2, -0.15) is 0 Å². The van der Waals surface area contributed by atoms with Gasteiger partial charge < -0.3 is 4.74 Å². The number of rotatable bonds is 2. The average molecular weight is 254 g/mol. The van der Waals surface area contributed by atoms with Gasteiger partial charge in [-0.25, -0.2) is 0 Å². The molecule has 0 radical (unpaired) electrons. The normalized spacial score (nSPS) is 28.2. The summed E-state index contributed by atoms with van der Waals surface area (Å²) in [5.41, 5.74) is 0. The van der Waals surface area contributed by atoms with Crippen LogP contribution in [0.4, 0.5) is 0 Å². The average Bonchev–Trinajstić information content (AvgIpc) is 2.34. The first-order chi connectivity index (χ1) is 4.74. The number of hydrogen-bond donors (Lipinski definition) is 0. The first-order valence-electron chi connectivity index (χ1n) is 3.53. The Hall–Kier alpha value is 0.200. The van der Waals surface area contributed by atoms with Crippen LogP contribution in [0.25, 0.3) is 0 Å². The maximum Gasteiger partial charge on any atom is 0.306 e. The zero-order chi connectivity index (χ0) is 7.56. The van der Waals surface area contributed by atoms with Crippen LogP contribution in [-0.2, 0) is 9.53 Å². The highest BCUT2D eigenvalue weighted by Gasteiger charge is 2.28. The van der Waals surface area contributed by atoms with Crippen LogP contribution in [0.2, 0.25) is 0 Å². The first kappa shape index (κ1) is 8.30. The van der Waals surface area contributed by atoms with Crippen molar-refractivity contribution in [2.45, 2.75) is 23.7 Å². The summed E-state index contributed by atoms with van der Waals surface area (Å²) in [7, 11) is 0. The zero-order valence-electron chi connectivity index (χ0n) is 5.97. The molecule has 1 heterocycles. The molecule has 0 aliphatic carbocycles. The van der Waals surface area contributed by atoms with Gasteiger partial charge >= 0.3 is 5.97 Å². The van der Waals surface area contributed by atoms with Gasteiger partial charge in [0, 0.05) is 9.84 Å². The van der Waals surface area contributed by atoms with Gasteiger partial charge in [-0.15, -0.1) is 0 Å². The lowest BCUT2D eigenvalue weighted by atomic mass is 10.0. The standard InChI is InChI=1S/C7H11IO2/c1-2-6(8)5-3-7(9)10-4-5/h5-6H,2-4H2,1H3. The summed E-state index contributed by atoms with van der Waals surface area (Å²) in [6.07, 6.45) is 1.75. The van der Waals surface area contributed by atoms with Crippen molar-refractivity contribution in [2.24, 2.45) is 5.92 Å². The molecule has 0 saturated carbocycles. The van der Waals surface area contributed by atoms with Crippen LogP contribution in [0.5, 0.6) is 0 Å². The molecular weight excluding hydrogens is 243 g/mol. The van der Waals surface area contributed by atoms with E-state index in [9.17, 15) is 4.79 Å². The van der Waals surface area contributed by atoms with E-state index < -0.39 is 0 Å². The highest BCUT2D eigenvalue weighted by molar-refractivity contribution is 14.1. The Balaban J connectivity index is 2.36. The Morgan fingerprint density at radius 2 is 2.60 bits per heavy atom. The van der Waals surface area contributed by atoms with Crippen LogP contribution in [0.3, 0.4) is 0 Å². The van der Waals surface area contributed by atoms with E-state index >= 15 is 0 Å². The minimum atomic E-state index is -0.0277. The predicted octanol–water partition coefficient (Wildman–Crippen LogP) is 1.76. The number of carbonyl (C=O) groups excluding carboxylic acids is 1. The zero-order valence-corrected chi connectivity index (χ0v) is 8.13. The monoisotopic (exact) mass is 254 g/mol. The topological polar surface area (TPSA) is 26.3 Å². The molecule has 0 aromatic rings. The molecular formula is C7H11IO2. The van der Waals surface area contributed by atoms with Gasteiger partial charge in [-0.3, -0.25) is 4.79 Å². The van der Waals surface area contributed by atoms with E-state index in [4.69, 9.17) is 4.74 Å². The Morgan fingerprint density at radius 3 is 3.00 bits per heavy atom. The van der Waals surface area contributed by atoms with Crippen LogP contribution in [0, 0.1) is 5.92 Å². The molecule has 0 amide bonds. The fourth-order valence-corrected chi connectivity index (χ4v) is 1.56. The molecule has 1 rings (SSSR count). The molecule has 0 N–H and O–H groups in total.